The molecule has 28 heavy (non-hydrogen) atoms. The number of nitrogens with one attached hydrogen (secondary N) is 1. The zero-order valence-electron chi connectivity index (χ0n) is 16.3. The molecule has 1 unspecified atom stereocenters. The molecule has 0 bridgehead atoms. The molecule has 0 fully saturated rings. The molecule has 0 radical (unpaired) electrons. The molecule has 144 valence electrons. The fourth-order valence-corrected chi connectivity index (χ4v) is 4.54. The largest absolute Gasteiger partial charge is 0.305 e. The topological polar surface area (TPSA) is 62.6 Å². The predicted octanol–water partition coefficient (Wildman–Crippen LogP) is 4.21. The number of fused-ring (bicyclic) bond motifs is 2. The van der Waals surface area contributed by atoms with Gasteiger partial charge in [-0.25, -0.2) is 0 Å². The molecule has 0 saturated heterocycles. The van der Waals surface area contributed by atoms with Gasteiger partial charge in [-0.15, -0.1) is 10.2 Å². The van der Waals surface area contributed by atoms with E-state index in [0.29, 0.717) is 0 Å². The molecule has 1 aliphatic carbocycles. The lowest BCUT2D eigenvalue weighted by Crippen LogP contribution is -2.42. The molecular formula is C21H23ClN6. The minimum Gasteiger partial charge on any atom is -0.305 e. The van der Waals surface area contributed by atoms with E-state index in [-0.39, 0.29) is 11.5 Å². The van der Waals surface area contributed by atoms with Crippen molar-refractivity contribution < 1.29 is 0 Å². The van der Waals surface area contributed by atoms with E-state index in [9.17, 15) is 0 Å². The molecular weight excluding hydrogens is 372 g/mol. The third kappa shape index (κ3) is 2.71. The summed E-state index contributed by atoms with van der Waals surface area (Å²) in [6.07, 6.45) is 7.28. The van der Waals surface area contributed by atoms with Gasteiger partial charge in [0.05, 0.1) is 23.8 Å². The van der Waals surface area contributed by atoms with Crippen LogP contribution in [0.1, 0.15) is 30.9 Å². The van der Waals surface area contributed by atoms with Gasteiger partial charge in [-0.3, -0.25) is 10.00 Å². The van der Waals surface area contributed by atoms with E-state index >= 15 is 0 Å². The monoisotopic (exact) mass is 394 g/mol. The second-order valence-electron chi connectivity index (χ2n) is 8.22. The first-order chi connectivity index (χ1) is 13.4. The second-order valence-corrected chi connectivity index (χ2v) is 8.66. The summed E-state index contributed by atoms with van der Waals surface area (Å²) in [6, 6.07) is 6.56. The van der Waals surface area contributed by atoms with Gasteiger partial charge >= 0.3 is 0 Å². The van der Waals surface area contributed by atoms with Gasteiger partial charge in [0.1, 0.15) is 5.82 Å². The molecule has 0 spiro atoms. The van der Waals surface area contributed by atoms with Crippen LogP contribution < -0.4 is 0 Å². The van der Waals surface area contributed by atoms with Crippen molar-refractivity contribution in [3.8, 4) is 11.4 Å². The molecule has 1 aromatic carbocycles. The fourth-order valence-electron chi connectivity index (χ4n) is 4.40. The lowest BCUT2D eigenvalue weighted by molar-refractivity contribution is 0.141. The number of H-pyrrole nitrogens is 1. The van der Waals surface area contributed by atoms with Crippen LogP contribution in [0.2, 0.25) is 0 Å². The summed E-state index contributed by atoms with van der Waals surface area (Å²) in [6.45, 7) is 6.05. The number of aromatic nitrogens is 5. The van der Waals surface area contributed by atoms with Crippen LogP contribution in [0.3, 0.4) is 0 Å². The van der Waals surface area contributed by atoms with Gasteiger partial charge in [0.15, 0.2) is 5.82 Å². The highest BCUT2D eigenvalue weighted by Crippen LogP contribution is 2.44. The van der Waals surface area contributed by atoms with Crippen LogP contribution in [0, 0.1) is 12.3 Å². The van der Waals surface area contributed by atoms with Crippen molar-refractivity contribution in [2.75, 3.05) is 13.6 Å². The van der Waals surface area contributed by atoms with Crippen LogP contribution in [-0.4, -0.2) is 43.5 Å². The van der Waals surface area contributed by atoms with Crippen LogP contribution in [0.5, 0.6) is 0 Å². The van der Waals surface area contributed by atoms with E-state index in [0.717, 1.165) is 58.4 Å². The SMILES string of the molecule is Cc1n[nH]c2ccc(-c3nnc4n3[C@H](C3(C)C=CC(Cl)=CC3)CN(C)C4)cc12. The van der Waals surface area contributed by atoms with Gasteiger partial charge < -0.3 is 4.57 Å². The predicted molar refractivity (Wildman–Crippen MR) is 111 cm³/mol. The standard InChI is InChI=1S/C21H23ClN6/c1-13-16-10-14(4-5-17(16)24-23-13)20-26-25-19-12-27(3)11-18(28(19)20)21(2)8-6-15(22)7-9-21/h4-8,10,18H,9,11-12H2,1-3H3,(H,23,24)/t18-,21?/m0/s1. The van der Waals surface area contributed by atoms with Crippen molar-refractivity contribution in [2.24, 2.45) is 5.41 Å². The smallest absolute Gasteiger partial charge is 0.164 e. The molecule has 7 heteroatoms. The summed E-state index contributed by atoms with van der Waals surface area (Å²) in [5.41, 5.74) is 3.06. The lowest BCUT2D eigenvalue weighted by atomic mass is 9.75. The highest BCUT2D eigenvalue weighted by molar-refractivity contribution is 6.31. The third-order valence-corrected chi connectivity index (χ3v) is 6.39. The number of benzene rings is 1. The minimum atomic E-state index is -0.0470. The number of rotatable bonds is 2. The number of halogens is 1. The van der Waals surface area contributed by atoms with Crippen molar-refractivity contribution in [1.29, 1.82) is 0 Å². The van der Waals surface area contributed by atoms with Gasteiger partial charge in [0.2, 0.25) is 0 Å². The Bertz CT molecular complexity index is 1120. The number of aromatic amines is 1. The van der Waals surface area contributed by atoms with Crippen molar-refractivity contribution >= 4 is 22.5 Å². The summed E-state index contributed by atoms with van der Waals surface area (Å²) in [7, 11) is 2.14. The normalized spacial score (nSPS) is 25.1. The van der Waals surface area contributed by atoms with Gasteiger partial charge in [-0.05, 0) is 44.7 Å². The summed E-state index contributed by atoms with van der Waals surface area (Å²) in [5, 5.41) is 18.5. The van der Waals surface area contributed by atoms with Crippen molar-refractivity contribution in [2.45, 2.75) is 32.9 Å². The molecule has 3 heterocycles. The maximum atomic E-state index is 6.20. The quantitative estimate of drug-likeness (QED) is 0.707. The second kappa shape index (κ2) is 6.29. The van der Waals surface area contributed by atoms with E-state index in [4.69, 9.17) is 11.6 Å². The summed E-state index contributed by atoms with van der Waals surface area (Å²) in [5.74, 6) is 1.93. The molecule has 6 nitrogen and oxygen atoms in total. The molecule has 0 saturated carbocycles. The fraction of sp³-hybridized carbons (Fsp3) is 0.381. The van der Waals surface area contributed by atoms with Gasteiger partial charge in [0, 0.05) is 27.9 Å². The number of hydrogen-bond donors (Lipinski definition) is 1. The molecule has 2 aliphatic rings. The highest BCUT2D eigenvalue weighted by Gasteiger charge is 2.40. The van der Waals surface area contributed by atoms with Gasteiger partial charge in [-0.2, -0.15) is 5.10 Å². The Balaban J connectivity index is 1.64. The summed E-state index contributed by atoms with van der Waals surface area (Å²) in [4.78, 5) is 2.32. The summed E-state index contributed by atoms with van der Waals surface area (Å²) < 4.78 is 2.34. The minimum absolute atomic E-state index is 0.0470. The van der Waals surface area contributed by atoms with E-state index in [1.807, 2.05) is 13.0 Å². The van der Waals surface area contributed by atoms with E-state index in [2.05, 4.69) is 74.2 Å². The third-order valence-electron chi connectivity index (χ3n) is 6.11. The number of nitrogens with zero attached hydrogens (tertiary/aromatic N) is 5. The molecule has 2 aromatic heterocycles. The Morgan fingerprint density at radius 1 is 1.29 bits per heavy atom. The molecule has 5 rings (SSSR count). The molecule has 3 aromatic rings. The molecule has 1 aliphatic heterocycles. The van der Waals surface area contributed by atoms with Crippen LogP contribution in [-0.2, 0) is 6.54 Å². The average Bonchev–Trinajstić information content (AvgIpc) is 3.27. The number of allylic oxidation sites excluding steroid dienone is 4. The molecule has 2 atom stereocenters. The maximum Gasteiger partial charge on any atom is 0.164 e. The van der Waals surface area contributed by atoms with Crippen LogP contribution in [0.15, 0.2) is 41.5 Å². The first kappa shape index (κ1) is 17.6. The zero-order valence-corrected chi connectivity index (χ0v) is 17.0. The Kier molecular flexibility index (Phi) is 3.96. The van der Waals surface area contributed by atoms with Crippen LogP contribution in [0.25, 0.3) is 22.3 Å². The van der Waals surface area contributed by atoms with E-state index in [1.165, 1.54) is 0 Å². The van der Waals surface area contributed by atoms with Crippen molar-refractivity contribution in [1.82, 2.24) is 29.9 Å². The first-order valence-electron chi connectivity index (χ1n) is 9.57. The number of likely N-dealkylation sites (N-methyl/N-ethyl adjacent to an activating group) is 1. The summed E-state index contributed by atoms with van der Waals surface area (Å²) >= 11 is 6.20. The zero-order chi connectivity index (χ0) is 19.5. The van der Waals surface area contributed by atoms with Crippen LogP contribution >= 0.6 is 11.6 Å². The highest BCUT2D eigenvalue weighted by atomic mass is 35.5. The Labute approximate surface area is 168 Å². The number of hydrogen-bond acceptors (Lipinski definition) is 4. The Hall–Kier alpha value is -2.44. The Morgan fingerprint density at radius 2 is 2.14 bits per heavy atom. The average molecular weight is 395 g/mol. The van der Waals surface area contributed by atoms with Crippen molar-refractivity contribution in [3.05, 3.63) is 53.0 Å². The van der Waals surface area contributed by atoms with E-state index in [1.54, 1.807) is 0 Å². The van der Waals surface area contributed by atoms with Gasteiger partial charge in [0.25, 0.3) is 0 Å². The van der Waals surface area contributed by atoms with Crippen molar-refractivity contribution in [3.63, 3.8) is 0 Å². The number of aryl methyl sites for hydroxylation is 1. The maximum absolute atomic E-state index is 6.20. The first-order valence-corrected chi connectivity index (χ1v) is 9.95. The molecule has 1 N–H and O–H groups in total. The van der Waals surface area contributed by atoms with Crippen LogP contribution in [0.4, 0.5) is 0 Å². The lowest BCUT2D eigenvalue weighted by Gasteiger charge is -2.42. The van der Waals surface area contributed by atoms with E-state index < -0.39 is 0 Å². The Morgan fingerprint density at radius 3 is 2.93 bits per heavy atom. The van der Waals surface area contributed by atoms with Gasteiger partial charge in [-0.1, -0.05) is 30.7 Å². The molecule has 0 amide bonds.